The molecule has 0 radical (unpaired) electrons. The molecule has 1 aliphatic carbocycles. The highest BCUT2D eigenvalue weighted by Gasteiger charge is 2.50. The standard InChI is InChI=1S/C30H31NO5/c1-19-13-22(34-2)11-12-28(19)30(33)14-20-16-35-17-21(15-30)31(20)29(32)36-18-27-25-9-5-3-7-23(25)24-8-4-6-10-26(24)27/h3-13,20-21,27,33H,14-18H2,1-2H3. The molecule has 3 aromatic carbocycles. The van der Waals surface area contributed by atoms with E-state index in [1.165, 1.54) is 22.3 Å². The van der Waals surface area contributed by atoms with Gasteiger partial charge in [0.2, 0.25) is 0 Å². The molecule has 0 spiro atoms. The molecule has 3 aromatic rings. The molecule has 2 heterocycles. The minimum Gasteiger partial charge on any atom is -0.497 e. The zero-order valence-corrected chi connectivity index (χ0v) is 20.6. The van der Waals surface area contributed by atoms with Crippen LogP contribution in [-0.2, 0) is 15.1 Å². The number of nitrogens with zero attached hydrogens (tertiary/aromatic N) is 1. The van der Waals surface area contributed by atoms with Crippen molar-refractivity contribution in [3.05, 3.63) is 89.0 Å². The van der Waals surface area contributed by atoms with Gasteiger partial charge >= 0.3 is 6.09 Å². The summed E-state index contributed by atoms with van der Waals surface area (Å²) in [6.07, 6.45) is 0.477. The molecule has 0 saturated carbocycles. The molecule has 36 heavy (non-hydrogen) atoms. The van der Waals surface area contributed by atoms with E-state index in [-0.39, 0.29) is 30.7 Å². The molecular formula is C30H31NO5. The monoisotopic (exact) mass is 485 g/mol. The lowest BCUT2D eigenvalue weighted by Crippen LogP contribution is -2.62. The summed E-state index contributed by atoms with van der Waals surface area (Å²) >= 11 is 0. The summed E-state index contributed by atoms with van der Waals surface area (Å²) in [6, 6.07) is 21.9. The quantitative estimate of drug-likeness (QED) is 0.563. The van der Waals surface area contributed by atoms with Crippen molar-refractivity contribution >= 4 is 6.09 Å². The molecule has 3 aliphatic rings. The summed E-state index contributed by atoms with van der Waals surface area (Å²) in [5, 5.41) is 11.7. The molecule has 6 nitrogen and oxygen atoms in total. The van der Waals surface area contributed by atoms with Crippen molar-refractivity contribution in [2.75, 3.05) is 26.9 Å². The summed E-state index contributed by atoms with van der Waals surface area (Å²) in [5.41, 5.74) is 5.62. The Morgan fingerprint density at radius 3 is 2.19 bits per heavy atom. The molecule has 2 aliphatic heterocycles. The molecule has 1 N–H and O–H groups in total. The van der Waals surface area contributed by atoms with Gasteiger partial charge in [0.05, 0.1) is 38.0 Å². The maximum absolute atomic E-state index is 13.4. The van der Waals surface area contributed by atoms with E-state index >= 15 is 0 Å². The van der Waals surface area contributed by atoms with Crippen molar-refractivity contribution in [1.82, 2.24) is 4.90 Å². The number of aryl methyl sites for hydroxylation is 1. The molecular weight excluding hydrogens is 454 g/mol. The Labute approximate surface area is 211 Å². The van der Waals surface area contributed by atoms with Gasteiger partial charge in [-0.3, -0.25) is 4.90 Å². The predicted octanol–water partition coefficient (Wildman–Crippen LogP) is 5.00. The van der Waals surface area contributed by atoms with Crippen LogP contribution in [0.5, 0.6) is 5.75 Å². The number of piperidine rings is 1. The van der Waals surface area contributed by atoms with E-state index in [1.807, 2.05) is 54.3 Å². The fourth-order valence-electron chi connectivity index (χ4n) is 6.45. The van der Waals surface area contributed by atoms with Crippen LogP contribution in [0, 0.1) is 6.92 Å². The topological polar surface area (TPSA) is 68.2 Å². The van der Waals surface area contributed by atoms with Gasteiger partial charge in [-0.1, -0.05) is 54.6 Å². The van der Waals surface area contributed by atoms with Gasteiger partial charge in [-0.15, -0.1) is 0 Å². The lowest BCUT2D eigenvalue weighted by Gasteiger charge is -2.51. The highest BCUT2D eigenvalue weighted by atomic mass is 16.6. The lowest BCUT2D eigenvalue weighted by atomic mass is 9.75. The van der Waals surface area contributed by atoms with Crippen LogP contribution in [0.1, 0.15) is 41.0 Å². The summed E-state index contributed by atoms with van der Waals surface area (Å²) in [4.78, 5) is 15.2. The van der Waals surface area contributed by atoms with Gasteiger partial charge in [0.1, 0.15) is 12.4 Å². The largest absolute Gasteiger partial charge is 0.497 e. The van der Waals surface area contributed by atoms with Gasteiger partial charge in [-0.25, -0.2) is 4.79 Å². The van der Waals surface area contributed by atoms with E-state index in [1.54, 1.807) is 7.11 Å². The van der Waals surface area contributed by atoms with Gasteiger partial charge in [0, 0.05) is 18.8 Å². The number of hydrogen-bond donors (Lipinski definition) is 1. The van der Waals surface area contributed by atoms with Crippen LogP contribution in [0.3, 0.4) is 0 Å². The van der Waals surface area contributed by atoms with E-state index in [0.717, 1.165) is 16.9 Å². The average molecular weight is 486 g/mol. The second-order valence-corrected chi connectivity index (χ2v) is 10.2. The Hall–Kier alpha value is -3.35. The molecule has 6 heteroatoms. The minimum atomic E-state index is -1.03. The highest BCUT2D eigenvalue weighted by molar-refractivity contribution is 5.79. The van der Waals surface area contributed by atoms with Gasteiger partial charge < -0.3 is 19.3 Å². The Morgan fingerprint density at radius 1 is 1.00 bits per heavy atom. The maximum Gasteiger partial charge on any atom is 0.410 e. The summed E-state index contributed by atoms with van der Waals surface area (Å²) < 4.78 is 17.1. The predicted molar refractivity (Wildman–Crippen MR) is 136 cm³/mol. The number of aliphatic hydroxyl groups is 1. The molecule has 2 fully saturated rings. The van der Waals surface area contributed by atoms with Crippen molar-refractivity contribution in [2.45, 2.75) is 43.4 Å². The average Bonchev–Trinajstić information content (AvgIpc) is 3.20. The number of methoxy groups -OCH3 is 1. The number of ether oxygens (including phenoxy) is 3. The highest BCUT2D eigenvalue weighted by Crippen LogP contribution is 2.46. The molecule has 0 aromatic heterocycles. The first kappa shape index (κ1) is 23.1. The molecule has 2 bridgehead atoms. The Bertz CT molecular complexity index is 1240. The molecule has 2 unspecified atom stereocenters. The second kappa shape index (κ2) is 8.95. The molecule has 2 saturated heterocycles. The van der Waals surface area contributed by atoms with Crippen molar-refractivity contribution in [3.63, 3.8) is 0 Å². The van der Waals surface area contributed by atoms with Crippen LogP contribution in [0.15, 0.2) is 66.7 Å². The number of amides is 1. The third-order valence-corrected chi connectivity index (χ3v) is 8.04. The van der Waals surface area contributed by atoms with Gasteiger partial charge in [-0.05, 0) is 52.4 Å². The third kappa shape index (κ3) is 3.76. The van der Waals surface area contributed by atoms with Crippen molar-refractivity contribution in [1.29, 1.82) is 0 Å². The maximum atomic E-state index is 13.4. The van der Waals surface area contributed by atoms with Crippen LogP contribution in [-0.4, -0.2) is 55.1 Å². The fourth-order valence-corrected chi connectivity index (χ4v) is 6.45. The number of benzene rings is 3. The van der Waals surface area contributed by atoms with Crippen molar-refractivity contribution in [3.8, 4) is 16.9 Å². The Morgan fingerprint density at radius 2 is 1.61 bits per heavy atom. The van der Waals surface area contributed by atoms with Crippen LogP contribution >= 0.6 is 0 Å². The number of hydrogen-bond acceptors (Lipinski definition) is 5. The fraction of sp³-hybridized carbons (Fsp3) is 0.367. The van der Waals surface area contributed by atoms with E-state index < -0.39 is 5.60 Å². The Balaban J connectivity index is 1.20. The number of morpholine rings is 1. The minimum absolute atomic E-state index is 0.0149. The van der Waals surface area contributed by atoms with E-state index in [2.05, 4.69) is 24.3 Å². The first-order chi connectivity index (χ1) is 17.5. The van der Waals surface area contributed by atoms with Crippen LogP contribution in [0.2, 0.25) is 0 Å². The lowest BCUT2D eigenvalue weighted by molar-refractivity contribution is -0.136. The third-order valence-electron chi connectivity index (χ3n) is 8.04. The van der Waals surface area contributed by atoms with Crippen LogP contribution in [0.25, 0.3) is 11.1 Å². The smallest absolute Gasteiger partial charge is 0.410 e. The molecule has 2 atom stereocenters. The van der Waals surface area contributed by atoms with Crippen molar-refractivity contribution in [2.24, 2.45) is 0 Å². The second-order valence-electron chi connectivity index (χ2n) is 10.2. The van der Waals surface area contributed by atoms with Gasteiger partial charge in [-0.2, -0.15) is 0 Å². The molecule has 6 rings (SSSR count). The number of carbonyl (C=O) groups is 1. The summed E-state index contributed by atoms with van der Waals surface area (Å²) in [5.74, 6) is 0.778. The van der Waals surface area contributed by atoms with Gasteiger partial charge in [0.15, 0.2) is 0 Å². The van der Waals surface area contributed by atoms with E-state index in [4.69, 9.17) is 14.2 Å². The number of fused-ring (bicyclic) bond motifs is 5. The van der Waals surface area contributed by atoms with Crippen LogP contribution in [0.4, 0.5) is 4.79 Å². The van der Waals surface area contributed by atoms with E-state index in [0.29, 0.717) is 26.1 Å². The van der Waals surface area contributed by atoms with E-state index in [9.17, 15) is 9.90 Å². The zero-order chi connectivity index (χ0) is 24.9. The Kier molecular flexibility index (Phi) is 5.73. The first-order valence-electron chi connectivity index (χ1n) is 12.6. The summed E-state index contributed by atoms with van der Waals surface area (Å²) in [6.45, 7) is 3.04. The number of carbonyl (C=O) groups excluding carboxylic acids is 1. The number of rotatable bonds is 4. The molecule has 186 valence electrons. The SMILES string of the molecule is COc1ccc(C2(O)CC3COCC(C2)N3C(=O)OCC2c3ccccc3-c3ccccc32)c(C)c1. The van der Waals surface area contributed by atoms with Crippen molar-refractivity contribution < 1.29 is 24.1 Å². The zero-order valence-electron chi connectivity index (χ0n) is 20.6. The van der Waals surface area contributed by atoms with Crippen LogP contribution < -0.4 is 4.74 Å². The molecule has 1 amide bonds. The normalized spacial score (nSPS) is 24.7. The first-order valence-corrected chi connectivity index (χ1v) is 12.6. The summed E-state index contributed by atoms with van der Waals surface area (Å²) in [7, 11) is 1.64. The van der Waals surface area contributed by atoms with Gasteiger partial charge in [0.25, 0.3) is 0 Å².